The zero-order valence-corrected chi connectivity index (χ0v) is 47.1. The molecule has 39 heteroatoms. The van der Waals surface area contributed by atoms with Gasteiger partial charge in [0, 0.05) is 121 Å². The average Bonchev–Trinajstić information content (AvgIpc) is 4.45. The highest BCUT2D eigenvalue weighted by atomic mass is 32.2. The molecular formula is C49H57N11O27S. The Hall–Kier alpha value is -10.3. The Labute approximate surface area is 496 Å². The molecule has 3 fully saturated rings. The highest BCUT2D eigenvalue weighted by Gasteiger charge is 2.41. The van der Waals surface area contributed by atoms with Crippen LogP contribution in [0.4, 0.5) is 0 Å². The van der Waals surface area contributed by atoms with E-state index in [1.54, 1.807) is 0 Å². The lowest BCUT2D eigenvalue weighted by atomic mass is 10.2. The standard InChI is InChI=1S/C21H26N6O10.C16H19N3O8.C12H12N2O9S/c28-13(2-1-9-26-17(32)3-4-18(26)33)23-11-15(30)25-12-16(31)24-10-14(29)22-8-7-21(36)37-27-19(34)5-6-20(27)35;20-11(5-8-18-12(21)1-2-13(18)22)17-7-10-26-9-6-16(25)27-19-14(23)3-4-15(19)24;15-8-1-2-9(16)13(8)6-5-7(24(20,21)22)12(19)23-14-10(17)3-4-11(14)18/h3-4H,1-2,5-12H2,(H,22,29)(H,23,28)(H,24,31)(H,25,30);1-2H,3-10H2,(H,17,20);1-2,7H,3-6H2,(H,20,21,22). The van der Waals surface area contributed by atoms with Gasteiger partial charge < -0.3 is 45.8 Å². The maximum absolute atomic E-state index is 11.9. The summed E-state index contributed by atoms with van der Waals surface area (Å²) in [6.45, 7) is -1.58. The second-order valence-electron chi connectivity index (χ2n) is 18.4. The molecule has 6 rings (SSSR count). The Balaban J connectivity index is 0.000000290. The van der Waals surface area contributed by atoms with Gasteiger partial charge in [0.2, 0.25) is 29.5 Å². The molecule has 3 saturated heterocycles. The van der Waals surface area contributed by atoms with Gasteiger partial charge >= 0.3 is 17.9 Å². The van der Waals surface area contributed by atoms with E-state index in [4.69, 9.17) is 9.29 Å². The largest absolute Gasteiger partial charge is 0.379 e. The van der Waals surface area contributed by atoms with E-state index in [0.29, 0.717) is 15.0 Å². The molecule has 1 atom stereocenters. The number of amides is 17. The van der Waals surface area contributed by atoms with Crippen molar-refractivity contribution in [3.63, 3.8) is 0 Å². The maximum Gasteiger partial charge on any atom is 0.353 e. The van der Waals surface area contributed by atoms with Crippen LogP contribution in [0.1, 0.15) is 77.0 Å². The molecule has 6 aliphatic rings. The lowest BCUT2D eigenvalue weighted by Gasteiger charge is -2.19. The van der Waals surface area contributed by atoms with Crippen LogP contribution >= 0.6 is 0 Å². The van der Waals surface area contributed by atoms with Crippen molar-refractivity contribution in [3.05, 3.63) is 36.5 Å². The molecule has 6 heterocycles. The van der Waals surface area contributed by atoms with Gasteiger partial charge in [-0.15, -0.1) is 15.2 Å². The molecule has 38 nitrogen and oxygen atoms in total. The van der Waals surface area contributed by atoms with Crippen LogP contribution in [0.5, 0.6) is 0 Å². The summed E-state index contributed by atoms with van der Waals surface area (Å²) in [5, 5.41) is 10.5. The number of hydrogen-bond donors (Lipinski definition) is 6. The molecule has 0 saturated carbocycles. The van der Waals surface area contributed by atoms with Crippen LogP contribution in [-0.4, -0.2) is 232 Å². The van der Waals surface area contributed by atoms with Gasteiger partial charge in [0.15, 0.2) is 5.25 Å². The Kier molecular flexibility index (Phi) is 27.1. The van der Waals surface area contributed by atoms with Gasteiger partial charge in [-0.05, 0) is 12.8 Å². The van der Waals surface area contributed by atoms with Crippen molar-refractivity contribution in [1.29, 1.82) is 0 Å². The van der Waals surface area contributed by atoms with Gasteiger partial charge in [0.05, 0.1) is 45.7 Å². The van der Waals surface area contributed by atoms with Crippen LogP contribution in [0, 0.1) is 0 Å². The van der Waals surface area contributed by atoms with Crippen molar-refractivity contribution < 1.29 is 128 Å². The molecule has 0 radical (unpaired) electrons. The van der Waals surface area contributed by atoms with Crippen molar-refractivity contribution in [2.45, 2.75) is 82.3 Å². The van der Waals surface area contributed by atoms with Crippen molar-refractivity contribution in [3.8, 4) is 0 Å². The minimum Gasteiger partial charge on any atom is -0.379 e. The molecule has 0 aromatic heterocycles. The Bertz CT molecular complexity index is 3000. The number of imide groups is 6. The van der Waals surface area contributed by atoms with E-state index in [9.17, 15) is 104 Å². The summed E-state index contributed by atoms with van der Waals surface area (Å²) in [5.41, 5.74) is 0. The number of carbonyl (C=O) groups is 20. The molecule has 0 spiro atoms. The molecule has 6 aliphatic heterocycles. The molecule has 476 valence electrons. The van der Waals surface area contributed by atoms with E-state index in [2.05, 4.69) is 41.1 Å². The number of ether oxygens (including phenoxy) is 1. The van der Waals surface area contributed by atoms with E-state index in [1.165, 1.54) is 0 Å². The fourth-order valence-electron chi connectivity index (χ4n) is 7.34. The summed E-state index contributed by atoms with van der Waals surface area (Å²) < 4.78 is 37.0. The minimum atomic E-state index is -4.96. The number of carbonyl (C=O) groups excluding carboxylic acids is 20. The summed E-state index contributed by atoms with van der Waals surface area (Å²) in [6.07, 6.45) is 5.14. The van der Waals surface area contributed by atoms with Gasteiger partial charge in [-0.3, -0.25) is 101 Å². The molecule has 0 aromatic rings. The van der Waals surface area contributed by atoms with Crippen molar-refractivity contribution in [2.24, 2.45) is 0 Å². The topological polar surface area (TPSA) is 512 Å². The van der Waals surface area contributed by atoms with Crippen molar-refractivity contribution in [2.75, 3.05) is 65.6 Å². The van der Waals surface area contributed by atoms with E-state index < -0.39 is 160 Å². The lowest BCUT2D eigenvalue weighted by Crippen LogP contribution is -2.44. The van der Waals surface area contributed by atoms with E-state index in [-0.39, 0.29) is 121 Å². The number of nitrogens with one attached hydrogen (secondary N) is 5. The molecule has 17 amide bonds. The summed E-state index contributed by atoms with van der Waals surface area (Å²) in [7, 11) is -4.96. The van der Waals surface area contributed by atoms with Gasteiger partial charge in [-0.1, -0.05) is 0 Å². The lowest BCUT2D eigenvalue weighted by molar-refractivity contribution is -0.198. The van der Waals surface area contributed by atoms with E-state index in [1.807, 2.05) is 0 Å². The Morgan fingerprint density at radius 2 is 0.773 bits per heavy atom. The van der Waals surface area contributed by atoms with E-state index >= 15 is 0 Å². The summed E-state index contributed by atoms with van der Waals surface area (Å²) in [6, 6.07) is 0. The van der Waals surface area contributed by atoms with Gasteiger partial charge in [0.25, 0.3) is 81.0 Å². The summed E-state index contributed by atoms with van der Waals surface area (Å²) in [4.78, 5) is 246. The van der Waals surface area contributed by atoms with Gasteiger partial charge in [-0.25, -0.2) is 14.4 Å². The second kappa shape index (κ2) is 34.0. The maximum atomic E-state index is 11.9. The third-order valence-corrected chi connectivity index (χ3v) is 13.0. The zero-order valence-electron chi connectivity index (χ0n) is 46.3. The van der Waals surface area contributed by atoms with Crippen molar-refractivity contribution >= 4 is 128 Å². The monoisotopic (exact) mass is 1260 g/mol. The molecule has 0 bridgehead atoms. The normalized spacial score (nSPS) is 16.5. The van der Waals surface area contributed by atoms with Crippen molar-refractivity contribution in [1.82, 2.24) is 56.5 Å². The zero-order chi connectivity index (χ0) is 65.3. The quantitative estimate of drug-likeness (QED) is 0.0221. The number of hydrogen-bond acceptors (Lipinski definition) is 26. The van der Waals surface area contributed by atoms with Crippen LogP contribution in [0.2, 0.25) is 0 Å². The summed E-state index contributed by atoms with van der Waals surface area (Å²) in [5.74, 6) is -13.2. The second-order valence-corrected chi connectivity index (χ2v) is 20.0. The van der Waals surface area contributed by atoms with E-state index in [0.717, 1.165) is 46.3 Å². The third kappa shape index (κ3) is 22.9. The molecule has 0 aromatic carbocycles. The molecule has 6 N–H and O–H groups in total. The predicted molar refractivity (Wildman–Crippen MR) is 278 cm³/mol. The summed E-state index contributed by atoms with van der Waals surface area (Å²) >= 11 is 0. The van der Waals surface area contributed by atoms with Gasteiger partial charge in [-0.2, -0.15) is 8.42 Å². The highest BCUT2D eigenvalue weighted by Crippen LogP contribution is 2.18. The van der Waals surface area contributed by atoms with Crippen LogP contribution in [0.25, 0.3) is 0 Å². The highest BCUT2D eigenvalue weighted by molar-refractivity contribution is 7.87. The smallest absolute Gasteiger partial charge is 0.353 e. The Morgan fingerprint density at radius 1 is 0.420 bits per heavy atom. The number of nitrogens with zero attached hydrogens (tertiary/aromatic N) is 6. The first-order valence-electron chi connectivity index (χ1n) is 26.2. The molecular weight excluding hydrogens is 1210 g/mol. The van der Waals surface area contributed by atoms with Crippen LogP contribution < -0.4 is 26.6 Å². The minimum absolute atomic E-state index is 0.00284. The predicted octanol–water partition coefficient (Wildman–Crippen LogP) is -7.25. The first-order valence-corrected chi connectivity index (χ1v) is 27.7. The average molecular weight is 1260 g/mol. The first-order chi connectivity index (χ1) is 41.5. The Morgan fingerprint density at radius 3 is 1.20 bits per heavy atom. The molecule has 0 aliphatic carbocycles. The van der Waals surface area contributed by atoms with Gasteiger partial charge in [0.1, 0.15) is 0 Å². The third-order valence-electron chi connectivity index (χ3n) is 11.9. The fraction of sp³-hybridized carbons (Fsp3) is 0.469. The van der Waals surface area contributed by atoms with Crippen LogP contribution in [0.15, 0.2) is 36.5 Å². The SMILES string of the molecule is O=C(CCCN1C(=O)C=CC1=O)NCC(=O)NCC(=O)NCC(=O)NCCC(=O)ON1C(=O)CCC1=O.O=C(CCN1C(=O)C=CC1=O)NCCOCCC(=O)ON1C(=O)CCC1=O.O=C(ON1C(=O)CCC1=O)C(CCN1C(=O)C=CC1=O)S(=O)(=O)O. The number of rotatable bonds is 30. The van der Waals surface area contributed by atoms with Crippen LogP contribution in [0.3, 0.4) is 0 Å². The molecule has 88 heavy (non-hydrogen) atoms. The fourth-order valence-corrected chi connectivity index (χ4v) is 8.03. The molecule has 1 unspecified atom stereocenters. The van der Waals surface area contributed by atoms with Crippen LogP contribution in [-0.2, 0) is 125 Å². The first kappa shape index (κ1) is 70.2. The number of hydroxylamine groups is 6.